The number of benzene rings is 2. The fraction of sp³-hybridized carbons (Fsp3) is 0.0667. The van der Waals surface area contributed by atoms with Crippen LogP contribution in [0.4, 0.5) is 24.7 Å². The molecule has 0 amide bonds. The molecule has 140 valence electrons. The number of hydrogen-bond acceptors (Lipinski definition) is 5. The van der Waals surface area contributed by atoms with Crippen molar-refractivity contribution in [1.82, 2.24) is 14.7 Å². The number of rotatable bonds is 3. The molecule has 1 N–H and O–H groups in total. The molecule has 3 aromatic rings. The average molecular weight is 444 g/mol. The van der Waals surface area contributed by atoms with Crippen LogP contribution in [0.15, 0.2) is 58.0 Å². The fourth-order valence-corrected chi connectivity index (χ4v) is 2.44. The highest BCUT2D eigenvalue weighted by Gasteiger charge is 2.32. The van der Waals surface area contributed by atoms with Crippen molar-refractivity contribution >= 4 is 27.4 Å². The SMILES string of the molecule is O=[N+]([O-])c1nn(-c2cccc(C(F)(F)F)c2)n(O)c1=Nc1ccc(Br)cc1. The molecule has 0 fully saturated rings. The van der Waals surface area contributed by atoms with Crippen molar-refractivity contribution in [3.63, 3.8) is 0 Å². The van der Waals surface area contributed by atoms with E-state index < -0.39 is 28.0 Å². The molecule has 0 atom stereocenters. The van der Waals surface area contributed by atoms with Gasteiger partial charge in [0, 0.05) is 4.47 Å². The van der Waals surface area contributed by atoms with Crippen molar-refractivity contribution in [1.29, 1.82) is 0 Å². The average Bonchev–Trinajstić information content (AvgIpc) is 2.93. The lowest BCUT2D eigenvalue weighted by Crippen LogP contribution is -2.22. The van der Waals surface area contributed by atoms with Crippen LogP contribution in [0.2, 0.25) is 0 Å². The monoisotopic (exact) mass is 443 g/mol. The summed E-state index contributed by atoms with van der Waals surface area (Å²) < 4.78 is 39.4. The summed E-state index contributed by atoms with van der Waals surface area (Å²) in [6.45, 7) is 0. The number of nitro groups is 1. The molecule has 12 heteroatoms. The maximum absolute atomic E-state index is 12.9. The number of alkyl halides is 3. The summed E-state index contributed by atoms with van der Waals surface area (Å²) in [5, 5.41) is 25.1. The standard InChI is InChI=1S/C15H9BrF3N5O3/c16-10-4-6-11(7-5-10)20-13-14(24(26)27)21-22(23(13)25)12-3-1-2-9(8-12)15(17,18)19/h1-8,25H. The zero-order valence-electron chi connectivity index (χ0n) is 13.1. The van der Waals surface area contributed by atoms with Crippen molar-refractivity contribution in [3.05, 3.63) is 74.2 Å². The summed E-state index contributed by atoms with van der Waals surface area (Å²) in [4.78, 5) is 15.1. The third-order valence-corrected chi connectivity index (χ3v) is 3.93. The van der Waals surface area contributed by atoms with Crippen LogP contribution in [0.3, 0.4) is 0 Å². The van der Waals surface area contributed by atoms with Gasteiger partial charge in [-0.15, -0.1) is 0 Å². The van der Waals surface area contributed by atoms with Gasteiger partial charge in [0.2, 0.25) is 0 Å². The Morgan fingerprint density at radius 1 is 1.19 bits per heavy atom. The summed E-state index contributed by atoms with van der Waals surface area (Å²) in [7, 11) is 0. The second-order valence-corrected chi connectivity index (χ2v) is 6.14. The van der Waals surface area contributed by atoms with Crippen molar-refractivity contribution in [2.75, 3.05) is 0 Å². The van der Waals surface area contributed by atoms with Gasteiger partial charge in [-0.1, -0.05) is 26.8 Å². The van der Waals surface area contributed by atoms with E-state index in [1.54, 1.807) is 12.1 Å². The van der Waals surface area contributed by atoms with Crippen LogP contribution in [-0.2, 0) is 6.18 Å². The second kappa shape index (κ2) is 6.87. The van der Waals surface area contributed by atoms with Crippen LogP contribution < -0.4 is 5.49 Å². The van der Waals surface area contributed by atoms with Gasteiger partial charge in [-0.3, -0.25) is 0 Å². The largest absolute Gasteiger partial charge is 0.438 e. The van der Waals surface area contributed by atoms with Gasteiger partial charge < -0.3 is 15.3 Å². The third-order valence-electron chi connectivity index (χ3n) is 3.40. The number of aromatic nitrogens is 3. The van der Waals surface area contributed by atoms with E-state index in [0.29, 0.717) is 10.9 Å². The minimum absolute atomic E-state index is 0.218. The van der Waals surface area contributed by atoms with Crippen molar-refractivity contribution < 1.29 is 23.3 Å². The predicted molar refractivity (Wildman–Crippen MR) is 89.8 cm³/mol. The predicted octanol–water partition coefficient (Wildman–Crippen LogP) is 3.83. The molecule has 0 aliphatic heterocycles. The minimum atomic E-state index is -4.62. The molecule has 0 bridgehead atoms. The van der Waals surface area contributed by atoms with Crippen molar-refractivity contribution in [2.45, 2.75) is 6.18 Å². The molecule has 0 saturated heterocycles. The Morgan fingerprint density at radius 2 is 1.85 bits per heavy atom. The first kappa shape index (κ1) is 18.6. The van der Waals surface area contributed by atoms with Gasteiger partial charge >= 0.3 is 12.0 Å². The van der Waals surface area contributed by atoms with Gasteiger partial charge in [-0.05, 0) is 52.2 Å². The highest BCUT2D eigenvalue weighted by atomic mass is 79.9. The summed E-state index contributed by atoms with van der Waals surface area (Å²) in [5.74, 6) is -0.821. The first-order valence-corrected chi connectivity index (χ1v) is 8.00. The van der Waals surface area contributed by atoms with E-state index in [9.17, 15) is 28.5 Å². The highest BCUT2D eigenvalue weighted by molar-refractivity contribution is 9.10. The third kappa shape index (κ3) is 3.84. The van der Waals surface area contributed by atoms with E-state index >= 15 is 0 Å². The Kier molecular flexibility index (Phi) is 4.74. The molecule has 0 aliphatic carbocycles. The normalized spacial score (nSPS) is 12.4. The van der Waals surface area contributed by atoms with Crippen LogP contribution in [-0.4, -0.2) is 24.9 Å². The van der Waals surface area contributed by atoms with E-state index in [1.807, 2.05) is 0 Å². The molecular formula is C15H9BrF3N5O3. The van der Waals surface area contributed by atoms with Crippen molar-refractivity contribution in [2.24, 2.45) is 4.99 Å². The molecule has 1 aromatic heterocycles. The lowest BCUT2D eigenvalue weighted by atomic mass is 10.2. The van der Waals surface area contributed by atoms with Crippen LogP contribution >= 0.6 is 15.9 Å². The molecule has 0 unspecified atom stereocenters. The maximum atomic E-state index is 12.9. The van der Waals surface area contributed by atoms with E-state index in [1.165, 1.54) is 18.2 Å². The van der Waals surface area contributed by atoms with E-state index in [-0.39, 0.29) is 16.2 Å². The van der Waals surface area contributed by atoms with Gasteiger partial charge in [-0.2, -0.15) is 13.2 Å². The first-order chi connectivity index (χ1) is 12.7. The lowest BCUT2D eigenvalue weighted by molar-refractivity contribution is -0.391. The molecule has 1 heterocycles. The lowest BCUT2D eigenvalue weighted by Gasteiger charge is -2.07. The quantitative estimate of drug-likeness (QED) is 0.377. The Balaban J connectivity index is 2.20. The van der Waals surface area contributed by atoms with Crippen LogP contribution in [0.25, 0.3) is 5.69 Å². The Hall–Kier alpha value is -3.15. The van der Waals surface area contributed by atoms with Crippen LogP contribution in [0, 0.1) is 10.1 Å². The van der Waals surface area contributed by atoms with E-state index in [2.05, 4.69) is 26.0 Å². The number of hydrogen-bond donors (Lipinski definition) is 1. The summed E-state index contributed by atoms with van der Waals surface area (Å²) >= 11 is 3.23. The topological polar surface area (TPSA) is 98.5 Å². The molecule has 0 aliphatic rings. The summed E-state index contributed by atoms with van der Waals surface area (Å²) in [6.07, 6.45) is -4.62. The van der Waals surface area contributed by atoms with Crippen molar-refractivity contribution in [3.8, 4) is 5.69 Å². The fourth-order valence-electron chi connectivity index (χ4n) is 2.18. The molecule has 0 saturated carbocycles. The summed E-state index contributed by atoms with van der Waals surface area (Å²) in [5.41, 5.74) is -1.50. The Morgan fingerprint density at radius 3 is 2.44 bits per heavy atom. The Labute approximate surface area is 157 Å². The molecule has 0 spiro atoms. The van der Waals surface area contributed by atoms with Crippen LogP contribution in [0.1, 0.15) is 5.56 Å². The van der Waals surface area contributed by atoms with Gasteiger partial charge in [0.15, 0.2) is 0 Å². The first-order valence-electron chi connectivity index (χ1n) is 7.21. The van der Waals surface area contributed by atoms with Gasteiger partial charge in [0.1, 0.15) is 5.69 Å². The highest BCUT2D eigenvalue weighted by Crippen LogP contribution is 2.30. The van der Waals surface area contributed by atoms with Gasteiger partial charge in [-0.25, -0.2) is 4.99 Å². The van der Waals surface area contributed by atoms with E-state index in [4.69, 9.17) is 0 Å². The molecule has 3 rings (SSSR count). The smallest absolute Gasteiger partial charge is 0.409 e. The summed E-state index contributed by atoms with van der Waals surface area (Å²) in [6, 6.07) is 10.1. The zero-order chi connectivity index (χ0) is 19.8. The Bertz CT molecular complexity index is 1070. The van der Waals surface area contributed by atoms with Gasteiger partial charge in [0.05, 0.1) is 16.3 Å². The number of halogens is 4. The maximum Gasteiger partial charge on any atom is 0.438 e. The minimum Gasteiger partial charge on any atom is -0.409 e. The number of nitrogens with zero attached hydrogens (tertiary/aromatic N) is 5. The molecule has 2 aromatic carbocycles. The zero-order valence-corrected chi connectivity index (χ0v) is 14.7. The molecular weight excluding hydrogens is 435 g/mol. The van der Waals surface area contributed by atoms with E-state index in [0.717, 1.165) is 16.6 Å². The van der Waals surface area contributed by atoms with Gasteiger partial charge in [0.25, 0.3) is 5.49 Å². The molecule has 27 heavy (non-hydrogen) atoms. The molecule has 8 nitrogen and oxygen atoms in total. The molecule has 0 radical (unpaired) electrons. The second-order valence-electron chi connectivity index (χ2n) is 5.22. The van der Waals surface area contributed by atoms with Crippen LogP contribution in [0.5, 0.6) is 0 Å².